The first kappa shape index (κ1) is 10.9. The average Bonchev–Trinajstić information content (AvgIpc) is 2.46. The van der Waals surface area contributed by atoms with E-state index in [0.29, 0.717) is 0 Å². The van der Waals surface area contributed by atoms with Gasteiger partial charge in [0, 0.05) is 15.2 Å². The second-order valence-corrected chi connectivity index (χ2v) is 5.92. The predicted octanol–water partition coefficient (Wildman–Crippen LogP) is 5.36. The molecule has 0 amide bonds. The Hall–Kier alpha value is -1.93. The highest BCUT2D eigenvalue weighted by molar-refractivity contribution is 7.99. The van der Waals surface area contributed by atoms with Crippen molar-refractivity contribution in [3.63, 3.8) is 0 Å². The standard InChI is InChI=1S/C17H13NS/c1-11-10-16-17(13-7-3-2-6-12(11)13)18-14-8-4-5-9-15(14)19-16/h2-10,18H,1H3. The number of rotatable bonds is 0. The number of para-hydroxylation sites is 1. The molecule has 3 aromatic carbocycles. The molecule has 0 atom stereocenters. The monoisotopic (exact) mass is 263 g/mol. The largest absolute Gasteiger partial charge is 0.353 e. The molecule has 0 radical (unpaired) electrons. The Labute approximate surface area is 116 Å². The van der Waals surface area contributed by atoms with Gasteiger partial charge in [0.1, 0.15) is 0 Å². The number of benzene rings is 3. The van der Waals surface area contributed by atoms with Gasteiger partial charge in [-0.25, -0.2) is 0 Å². The van der Waals surface area contributed by atoms with Crippen LogP contribution in [0.5, 0.6) is 0 Å². The van der Waals surface area contributed by atoms with Crippen LogP contribution in [-0.4, -0.2) is 0 Å². The normalized spacial score (nSPS) is 12.7. The molecule has 0 fully saturated rings. The molecule has 0 unspecified atom stereocenters. The lowest BCUT2D eigenvalue weighted by atomic mass is 10.0. The minimum absolute atomic E-state index is 1.20. The lowest BCUT2D eigenvalue weighted by Crippen LogP contribution is -2.01. The van der Waals surface area contributed by atoms with Crippen LogP contribution in [0.3, 0.4) is 0 Å². The molecule has 0 aromatic heterocycles. The van der Waals surface area contributed by atoms with Crippen LogP contribution in [0.1, 0.15) is 5.56 Å². The summed E-state index contributed by atoms with van der Waals surface area (Å²) in [6.07, 6.45) is 0. The molecule has 0 saturated heterocycles. The second kappa shape index (κ2) is 4.04. The number of hydrogen-bond acceptors (Lipinski definition) is 2. The molecule has 0 spiro atoms. The van der Waals surface area contributed by atoms with Crippen molar-refractivity contribution in [1.82, 2.24) is 0 Å². The first-order valence-corrected chi connectivity index (χ1v) is 7.21. The minimum atomic E-state index is 1.20. The smallest absolute Gasteiger partial charge is 0.0606 e. The van der Waals surface area contributed by atoms with Crippen molar-refractivity contribution in [2.75, 3.05) is 5.32 Å². The van der Waals surface area contributed by atoms with Crippen molar-refractivity contribution in [2.45, 2.75) is 16.7 Å². The Morgan fingerprint density at radius 2 is 1.58 bits per heavy atom. The van der Waals surface area contributed by atoms with Gasteiger partial charge in [0.05, 0.1) is 11.4 Å². The van der Waals surface area contributed by atoms with Gasteiger partial charge < -0.3 is 5.32 Å². The van der Waals surface area contributed by atoms with Crippen molar-refractivity contribution in [3.05, 3.63) is 60.2 Å². The third-order valence-corrected chi connectivity index (χ3v) is 4.70. The van der Waals surface area contributed by atoms with E-state index in [0.717, 1.165) is 0 Å². The molecule has 3 aromatic rings. The zero-order valence-electron chi connectivity index (χ0n) is 10.6. The van der Waals surface area contributed by atoms with Gasteiger partial charge in [-0.3, -0.25) is 0 Å². The summed E-state index contributed by atoms with van der Waals surface area (Å²) in [6.45, 7) is 2.18. The first-order chi connectivity index (χ1) is 9.33. The first-order valence-electron chi connectivity index (χ1n) is 6.39. The molecule has 92 valence electrons. The molecule has 1 N–H and O–H groups in total. The van der Waals surface area contributed by atoms with Gasteiger partial charge in [-0.1, -0.05) is 48.2 Å². The van der Waals surface area contributed by atoms with Gasteiger partial charge in [-0.2, -0.15) is 0 Å². The van der Waals surface area contributed by atoms with Gasteiger partial charge in [-0.15, -0.1) is 0 Å². The zero-order valence-corrected chi connectivity index (χ0v) is 11.4. The topological polar surface area (TPSA) is 12.0 Å². The molecule has 1 heterocycles. The van der Waals surface area contributed by atoms with E-state index in [-0.39, 0.29) is 0 Å². The highest BCUT2D eigenvalue weighted by Gasteiger charge is 2.18. The maximum atomic E-state index is 3.59. The molecule has 0 bridgehead atoms. The summed E-state index contributed by atoms with van der Waals surface area (Å²) >= 11 is 1.85. The van der Waals surface area contributed by atoms with Crippen LogP contribution in [0, 0.1) is 6.92 Å². The van der Waals surface area contributed by atoms with E-state index in [4.69, 9.17) is 0 Å². The van der Waals surface area contributed by atoms with Crippen molar-refractivity contribution in [2.24, 2.45) is 0 Å². The highest BCUT2D eigenvalue weighted by Crippen LogP contribution is 2.47. The summed E-state index contributed by atoms with van der Waals surface area (Å²) in [6, 6.07) is 19.4. The number of hydrogen-bond donors (Lipinski definition) is 1. The second-order valence-electron chi connectivity index (χ2n) is 4.84. The quantitative estimate of drug-likeness (QED) is 0.458. The molecule has 19 heavy (non-hydrogen) atoms. The number of nitrogens with one attached hydrogen (secondary N) is 1. The Kier molecular flexibility index (Phi) is 2.32. The van der Waals surface area contributed by atoms with Crippen LogP contribution >= 0.6 is 11.8 Å². The number of fused-ring (bicyclic) bond motifs is 4. The van der Waals surface area contributed by atoms with Crippen molar-refractivity contribution >= 4 is 33.9 Å². The summed E-state index contributed by atoms with van der Waals surface area (Å²) < 4.78 is 0. The van der Waals surface area contributed by atoms with Gasteiger partial charge in [-0.05, 0) is 36.1 Å². The lowest BCUT2D eigenvalue weighted by molar-refractivity contribution is 1.31. The fourth-order valence-electron chi connectivity index (χ4n) is 2.65. The highest BCUT2D eigenvalue weighted by atomic mass is 32.2. The fourth-order valence-corrected chi connectivity index (χ4v) is 3.76. The van der Waals surface area contributed by atoms with E-state index in [1.54, 1.807) is 0 Å². The Balaban J connectivity index is 2.01. The van der Waals surface area contributed by atoms with Crippen LogP contribution in [-0.2, 0) is 0 Å². The van der Waals surface area contributed by atoms with Crippen LogP contribution in [0.25, 0.3) is 10.8 Å². The Morgan fingerprint density at radius 3 is 2.47 bits per heavy atom. The minimum Gasteiger partial charge on any atom is -0.353 e. The lowest BCUT2D eigenvalue weighted by Gasteiger charge is -2.23. The summed E-state index contributed by atoms with van der Waals surface area (Å²) in [5.41, 5.74) is 3.78. The predicted molar refractivity (Wildman–Crippen MR) is 82.5 cm³/mol. The van der Waals surface area contributed by atoms with Crippen LogP contribution in [0.4, 0.5) is 11.4 Å². The van der Waals surface area contributed by atoms with Crippen LogP contribution < -0.4 is 5.32 Å². The van der Waals surface area contributed by atoms with Gasteiger partial charge in [0.2, 0.25) is 0 Å². The molecule has 0 aliphatic carbocycles. The summed E-state index contributed by atoms with van der Waals surface area (Å²) in [5, 5.41) is 6.22. The van der Waals surface area contributed by atoms with Crippen LogP contribution in [0.15, 0.2) is 64.4 Å². The third-order valence-electron chi connectivity index (χ3n) is 3.58. The number of aryl methyl sites for hydroxylation is 1. The van der Waals surface area contributed by atoms with E-state index >= 15 is 0 Å². The van der Waals surface area contributed by atoms with E-state index in [9.17, 15) is 0 Å². The zero-order chi connectivity index (χ0) is 12.8. The van der Waals surface area contributed by atoms with Crippen molar-refractivity contribution in [3.8, 4) is 0 Å². The third kappa shape index (κ3) is 1.64. The molecule has 4 rings (SSSR count). The maximum Gasteiger partial charge on any atom is 0.0606 e. The van der Waals surface area contributed by atoms with Gasteiger partial charge >= 0.3 is 0 Å². The fraction of sp³-hybridized carbons (Fsp3) is 0.0588. The summed E-state index contributed by atoms with van der Waals surface area (Å²) in [7, 11) is 0. The Bertz CT molecular complexity index is 792. The van der Waals surface area contributed by atoms with E-state index in [1.807, 2.05) is 11.8 Å². The average molecular weight is 263 g/mol. The van der Waals surface area contributed by atoms with Crippen molar-refractivity contribution in [1.29, 1.82) is 0 Å². The summed E-state index contributed by atoms with van der Waals surface area (Å²) in [4.78, 5) is 2.61. The van der Waals surface area contributed by atoms with Crippen LogP contribution in [0.2, 0.25) is 0 Å². The SMILES string of the molecule is Cc1cc2c(c3ccccc13)Nc1ccccc1S2. The van der Waals surface area contributed by atoms with E-state index < -0.39 is 0 Å². The molecule has 2 heteroatoms. The molecular weight excluding hydrogens is 250 g/mol. The van der Waals surface area contributed by atoms with Gasteiger partial charge in [0.25, 0.3) is 0 Å². The molecular formula is C17H13NS. The van der Waals surface area contributed by atoms with Crippen molar-refractivity contribution < 1.29 is 0 Å². The molecule has 1 nitrogen and oxygen atoms in total. The Morgan fingerprint density at radius 1 is 0.842 bits per heavy atom. The molecule has 1 aliphatic rings. The summed E-state index contributed by atoms with van der Waals surface area (Å²) in [5.74, 6) is 0. The van der Waals surface area contributed by atoms with Gasteiger partial charge in [0.15, 0.2) is 0 Å². The number of anilines is 2. The van der Waals surface area contributed by atoms with E-state index in [1.165, 1.54) is 37.5 Å². The van der Waals surface area contributed by atoms with E-state index in [2.05, 4.69) is 66.8 Å². The maximum absolute atomic E-state index is 3.59. The molecule has 1 aliphatic heterocycles. The molecule has 0 saturated carbocycles.